The molecule has 5 nitrogen and oxygen atoms in total. The van der Waals surface area contributed by atoms with Gasteiger partial charge >= 0.3 is 5.97 Å². The van der Waals surface area contributed by atoms with Gasteiger partial charge in [0.05, 0.1) is 0 Å². The Morgan fingerprint density at radius 3 is 2.15 bits per heavy atom. The zero-order valence-corrected chi connectivity index (χ0v) is 8.45. The maximum atomic E-state index is 10.6. The standard InChI is InChI=1S/C7H14NO4P/c1-4(2)3-5(7(9)10)6(8)13(11)12/h4-5,8,11-12H,3H2,1-2H3,(H,9,10). The summed E-state index contributed by atoms with van der Waals surface area (Å²) in [6.45, 7) is 3.64. The topological polar surface area (TPSA) is 102 Å². The smallest absolute Gasteiger partial charge is 0.312 e. The summed E-state index contributed by atoms with van der Waals surface area (Å²) in [5.41, 5.74) is -0.490. The number of rotatable bonds is 5. The van der Waals surface area contributed by atoms with Gasteiger partial charge in [0.2, 0.25) is 8.38 Å². The maximum absolute atomic E-state index is 10.6. The minimum Gasteiger partial charge on any atom is -0.481 e. The van der Waals surface area contributed by atoms with Crippen LogP contribution in [0.5, 0.6) is 0 Å². The molecule has 0 aliphatic carbocycles. The van der Waals surface area contributed by atoms with Crippen molar-refractivity contribution >= 4 is 19.8 Å². The fourth-order valence-electron chi connectivity index (χ4n) is 0.940. The molecule has 6 heteroatoms. The first-order valence-electron chi connectivity index (χ1n) is 3.85. The van der Waals surface area contributed by atoms with Crippen LogP contribution in [0, 0.1) is 17.2 Å². The van der Waals surface area contributed by atoms with Crippen molar-refractivity contribution in [2.75, 3.05) is 0 Å². The Morgan fingerprint density at radius 2 is 1.92 bits per heavy atom. The minimum atomic E-state index is -2.56. The first-order chi connectivity index (χ1) is 5.86. The van der Waals surface area contributed by atoms with E-state index >= 15 is 0 Å². The SMILES string of the molecule is CC(C)CC(C(=N)P(O)O)C(=O)O. The number of carbonyl (C=O) groups is 1. The van der Waals surface area contributed by atoms with Gasteiger partial charge in [-0.05, 0) is 12.3 Å². The van der Waals surface area contributed by atoms with Crippen molar-refractivity contribution in [2.24, 2.45) is 11.8 Å². The van der Waals surface area contributed by atoms with Crippen molar-refractivity contribution in [1.29, 1.82) is 5.41 Å². The molecule has 0 radical (unpaired) electrons. The van der Waals surface area contributed by atoms with Crippen LogP contribution in [0.1, 0.15) is 20.3 Å². The lowest BCUT2D eigenvalue weighted by Crippen LogP contribution is -2.23. The third-order valence-electron chi connectivity index (χ3n) is 1.55. The Labute approximate surface area is 77.8 Å². The van der Waals surface area contributed by atoms with Crippen molar-refractivity contribution in [3.63, 3.8) is 0 Å². The predicted molar refractivity (Wildman–Crippen MR) is 49.7 cm³/mol. The fourth-order valence-corrected chi connectivity index (χ4v) is 1.43. The van der Waals surface area contributed by atoms with Crippen molar-refractivity contribution in [3.8, 4) is 0 Å². The summed E-state index contributed by atoms with van der Waals surface area (Å²) in [5.74, 6) is -2.13. The van der Waals surface area contributed by atoms with E-state index in [0.29, 0.717) is 0 Å². The number of hydrogen-bond donors (Lipinski definition) is 4. The van der Waals surface area contributed by atoms with Crippen molar-refractivity contribution in [2.45, 2.75) is 20.3 Å². The van der Waals surface area contributed by atoms with Gasteiger partial charge in [-0.25, -0.2) is 0 Å². The van der Waals surface area contributed by atoms with Gasteiger partial charge in [0, 0.05) is 0 Å². The number of nitrogens with one attached hydrogen (secondary N) is 1. The molecule has 0 spiro atoms. The van der Waals surface area contributed by atoms with E-state index in [9.17, 15) is 4.79 Å². The van der Waals surface area contributed by atoms with Gasteiger partial charge in [0.15, 0.2) is 0 Å². The second-order valence-electron chi connectivity index (χ2n) is 3.20. The molecule has 0 saturated carbocycles. The van der Waals surface area contributed by atoms with E-state index in [2.05, 4.69) is 0 Å². The molecule has 0 saturated heterocycles. The Kier molecular flexibility index (Phi) is 5.06. The lowest BCUT2D eigenvalue weighted by Gasteiger charge is -2.15. The molecule has 0 bridgehead atoms. The fraction of sp³-hybridized carbons (Fsp3) is 0.714. The maximum Gasteiger partial charge on any atom is 0.312 e. The number of aliphatic carboxylic acids is 1. The molecule has 0 heterocycles. The highest BCUT2D eigenvalue weighted by atomic mass is 31.2. The molecule has 0 fully saturated rings. The highest BCUT2D eigenvalue weighted by Crippen LogP contribution is 2.32. The van der Waals surface area contributed by atoms with E-state index in [1.54, 1.807) is 0 Å². The van der Waals surface area contributed by atoms with E-state index < -0.39 is 25.7 Å². The van der Waals surface area contributed by atoms with Crippen molar-refractivity contribution in [1.82, 2.24) is 0 Å². The second kappa shape index (κ2) is 5.27. The molecule has 0 amide bonds. The van der Waals surface area contributed by atoms with Crippen molar-refractivity contribution in [3.05, 3.63) is 0 Å². The number of carboxylic acids is 1. The average Bonchev–Trinajstić information content (AvgIpc) is 1.97. The van der Waals surface area contributed by atoms with Gasteiger partial charge in [-0.15, -0.1) is 0 Å². The molecule has 1 atom stereocenters. The Balaban J connectivity index is 4.43. The summed E-state index contributed by atoms with van der Waals surface area (Å²) in [4.78, 5) is 28.0. The third kappa shape index (κ3) is 4.31. The van der Waals surface area contributed by atoms with Crippen LogP contribution in [0.4, 0.5) is 0 Å². The first kappa shape index (κ1) is 12.5. The molecule has 0 rings (SSSR count). The first-order valence-corrected chi connectivity index (χ1v) is 5.10. The van der Waals surface area contributed by atoms with Crippen LogP contribution in [0.3, 0.4) is 0 Å². The molecule has 0 aliphatic rings. The van der Waals surface area contributed by atoms with Crippen LogP contribution in [0.25, 0.3) is 0 Å². The van der Waals surface area contributed by atoms with Crippen LogP contribution in [0.15, 0.2) is 0 Å². The molecular weight excluding hydrogens is 193 g/mol. The molecule has 0 aliphatic heterocycles. The molecular formula is C7H14NO4P. The summed E-state index contributed by atoms with van der Waals surface area (Å²) in [6.07, 6.45) is 0.258. The van der Waals surface area contributed by atoms with Crippen LogP contribution >= 0.6 is 8.38 Å². The quantitative estimate of drug-likeness (QED) is 0.399. The molecule has 1 unspecified atom stereocenters. The van der Waals surface area contributed by atoms with Crippen LogP contribution in [-0.4, -0.2) is 26.3 Å². The molecule has 0 aromatic carbocycles. The van der Waals surface area contributed by atoms with E-state index in [0.717, 1.165) is 0 Å². The average molecular weight is 207 g/mol. The predicted octanol–water partition coefficient (Wildman–Crippen LogP) is 1.01. The van der Waals surface area contributed by atoms with E-state index in [4.69, 9.17) is 20.3 Å². The van der Waals surface area contributed by atoms with Crippen molar-refractivity contribution < 1.29 is 19.7 Å². The van der Waals surface area contributed by atoms with Gasteiger partial charge in [-0.2, -0.15) is 0 Å². The van der Waals surface area contributed by atoms with E-state index in [1.807, 2.05) is 13.8 Å². The largest absolute Gasteiger partial charge is 0.481 e. The molecule has 4 N–H and O–H groups in total. The molecule has 0 aromatic rings. The zero-order valence-electron chi connectivity index (χ0n) is 7.56. The Hall–Kier alpha value is -0.510. The number of hydrogen-bond acceptors (Lipinski definition) is 4. The second-order valence-corrected chi connectivity index (χ2v) is 4.26. The van der Waals surface area contributed by atoms with E-state index in [1.165, 1.54) is 0 Å². The van der Waals surface area contributed by atoms with Gasteiger partial charge in [0.25, 0.3) is 0 Å². The summed E-state index contributed by atoms with van der Waals surface area (Å²) >= 11 is 0. The Bertz CT molecular complexity index is 205. The monoisotopic (exact) mass is 207 g/mol. The summed E-state index contributed by atoms with van der Waals surface area (Å²) in [7, 11) is -2.56. The third-order valence-corrected chi connectivity index (χ3v) is 2.29. The molecule has 13 heavy (non-hydrogen) atoms. The minimum absolute atomic E-state index is 0.108. The highest BCUT2D eigenvalue weighted by Gasteiger charge is 2.28. The molecule has 0 aromatic heterocycles. The summed E-state index contributed by atoms with van der Waals surface area (Å²) in [5, 5.41) is 15.9. The van der Waals surface area contributed by atoms with Crippen LogP contribution in [0.2, 0.25) is 0 Å². The molecule has 76 valence electrons. The van der Waals surface area contributed by atoms with Gasteiger partial charge in [-0.3, -0.25) is 10.2 Å². The normalized spacial score (nSPS) is 13.4. The Morgan fingerprint density at radius 1 is 1.46 bits per heavy atom. The summed E-state index contributed by atoms with van der Waals surface area (Å²) < 4.78 is 0. The summed E-state index contributed by atoms with van der Waals surface area (Å²) in [6, 6.07) is 0. The lowest BCUT2D eigenvalue weighted by atomic mass is 9.98. The van der Waals surface area contributed by atoms with Gasteiger partial charge < -0.3 is 14.9 Å². The van der Waals surface area contributed by atoms with Crippen LogP contribution < -0.4 is 0 Å². The number of carboxylic acid groups (broad SMARTS) is 1. The van der Waals surface area contributed by atoms with Gasteiger partial charge in [0.1, 0.15) is 11.4 Å². The van der Waals surface area contributed by atoms with Gasteiger partial charge in [-0.1, -0.05) is 13.8 Å². The van der Waals surface area contributed by atoms with Crippen LogP contribution in [-0.2, 0) is 4.79 Å². The van der Waals surface area contributed by atoms with E-state index in [-0.39, 0.29) is 12.3 Å². The highest BCUT2D eigenvalue weighted by molar-refractivity contribution is 7.64. The lowest BCUT2D eigenvalue weighted by molar-refractivity contribution is -0.139. The zero-order chi connectivity index (χ0) is 10.6.